The highest BCUT2D eigenvalue weighted by molar-refractivity contribution is 5.73. The summed E-state index contributed by atoms with van der Waals surface area (Å²) in [4.78, 5) is 10.6. The first-order valence-corrected chi connectivity index (χ1v) is 5.76. The Balaban J connectivity index is 3.20. The molecule has 0 aliphatic heterocycles. The Kier molecular flexibility index (Phi) is 11.3. The van der Waals surface area contributed by atoms with Crippen molar-refractivity contribution in [2.75, 3.05) is 47.2 Å². The van der Waals surface area contributed by atoms with Crippen LogP contribution in [0.1, 0.15) is 12.8 Å². The first-order valence-electron chi connectivity index (χ1n) is 5.76. The van der Waals surface area contributed by atoms with Gasteiger partial charge in [0.2, 0.25) is 0 Å². The summed E-state index contributed by atoms with van der Waals surface area (Å²) in [5.74, 6) is -0.848. The number of nitrogens with one attached hydrogen (secondary N) is 1. The van der Waals surface area contributed by atoms with Gasteiger partial charge in [-0.25, -0.2) is 0 Å². The van der Waals surface area contributed by atoms with E-state index in [1.165, 1.54) is 0 Å². The number of rotatable bonds is 12. The van der Waals surface area contributed by atoms with Crippen molar-refractivity contribution in [3.05, 3.63) is 0 Å². The maximum Gasteiger partial charge on any atom is 0.320 e. The Bertz CT molecular complexity index is 189. The van der Waals surface area contributed by atoms with Gasteiger partial charge in [0.25, 0.3) is 0 Å². The molecule has 0 bridgehead atoms. The summed E-state index contributed by atoms with van der Waals surface area (Å²) in [6.07, 6.45) is 1.28. The average molecular weight is 249 g/mol. The van der Waals surface area contributed by atoms with Gasteiger partial charge < -0.3 is 24.6 Å². The van der Waals surface area contributed by atoms with Gasteiger partial charge in [-0.15, -0.1) is 0 Å². The van der Waals surface area contributed by atoms with Crippen LogP contribution in [0.15, 0.2) is 0 Å². The Labute approximate surface area is 102 Å². The molecule has 0 aromatic heterocycles. The highest BCUT2D eigenvalue weighted by Crippen LogP contribution is 1.94. The predicted octanol–water partition coefficient (Wildman–Crippen LogP) is 0.119. The zero-order valence-electron chi connectivity index (χ0n) is 10.6. The maximum atomic E-state index is 10.6. The third kappa shape index (κ3) is 10.2. The molecule has 1 unspecified atom stereocenters. The van der Waals surface area contributed by atoms with E-state index in [9.17, 15) is 4.79 Å². The summed E-state index contributed by atoms with van der Waals surface area (Å²) < 4.78 is 15.4. The summed E-state index contributed by atoms with van der Waals surface area (Å²) in [6, 6.07) is -0.534. The van der Waals surface area contributed by atoms with Gasteiger partial charge >= 0.3 is 5.97 Å². The Morgan fingerprint density at radius 3 is 2.35 bits per heavy atom. The minimum atomic E-state index is -0.848. The zero-order chi connectivity index (χ0) is 12.9. The second-order valence-corrected chi connectivity index (χ2v) is 3.54. The number of methoxy groups -OCH3 is 1. The Morgan fingerprint density at radius 2 is 1.82 bits per heavy atom. The topological polar surface area (TPSA) is 77.0 Å². The lowest BCUT2D eigenvalue weighted by Crippen LogP contribution is -2.34. The fraction of sp³-hybridized carbons (Fsp3) is 0.909. The van der Waals surface area contributed by atoms with Gasteiger partial charge in [0.15, 0.2) is 0 Å². The van der Waals surface area contributed by atoms with E-state index in [-0.39, 0.29) is 0 Å². The number of carbonyl (C=O) groups is 1. The molecule has 6 heteroatoms. The SMILES string of the molecule is CNC(CCOCCCOCCOC)C(=O)O. The van der Waals surface area contributed by atoms with Crippen LogP contribution in [0, 0.1) is 0 Å². The highest BCUT2D eigenvalue weighted by atomic mass is 16.5. The smallest absolute Gasteiger partial charge is 0.320 e. The number of hydrogen-bond acceptors (Lipinski definition) is 5. The number of aliphatic carboxylic acids is 1. The Hall–Kier alpha value is -0.690. The molecule has 0 aliphatic carbocycles. The van der Waals surface area contributed by atoms with Crippen molar-refractivity contribution < 1.29 is 24.1 Å². The number of hydrogen-bond donors (Lipinski definition) is 2. The lowest BCUT2D eigenvalue weighted by atomic mass is 10.2. The minimum absolute atomic E-state index is 0.440. The minimum Gasteiger partial charge on any atom is -0.480 e. The second-order valence-electron chi connectivity index (χ2n) is 3.54. The van der Waals surface area contributed by atoms with Crippen molar-refractivity contribution >= 4 is 5.97 Å². The van der Waals surface area contributed by atoms with E-state index in [4.69, 9.17) is 19.3 Å². The first-order chi connectivity index (χ1) is 8.22. The number of likely N-dealkylation sites (N-methyl/N-ethyl adjacent to an activating group) is 1. The van der Waals surface area contributed by atoms with E-state index in [1.54, 1.807) is 14.2 Å². The monoisotopic (exact) mass is 249 g/mol. The van der Waals surface area contributed by atoms with Gasteiger partial charge in [0, 0.05) is 26.9 Å². The summed E-state index contributed by atoms with van der Waals surface area (Å²) >= 11 is 0. The van der Waals surface area contributed by atoms with E-state index >= 15 is 0 Å². The first kappa shape index (κ1) is 16.3. The van der Waals surface area contributed by atoms with E-state index in [2.05, 4.69) is 5.32 Å². The third-order valence-corrected chi connectivity index (χ3v) is 2.21. The van der Waals surface area contributed by atoms with E-state index < -0.39 is 12.0 Å². The number of ether oxygens (including phenoxy) is 3. The molecule has 2 N–H and O–H groups in total. The van der Waals surface area contributed by atoms with Crippen LogP contribution < -0.4 is 5.32 Å². The molecule has 0 amide bonds. The summed E-state index contributed by atoms with van der Waals surface area (Å²) in [5.41, 5.74) is 0. The molecule has 102 valence electrons. The molecule has 0 radical (unpaired) electrons. The lowest BCUT2D eigenvalue weighted by molar-refractivity contribution is -0.139. The molecule has 0 aliphatic rings. The van der Waals surface area contributed by atoms with Crippen molar-refractivity contribution in [2.24, 2.45) is 0 Å². The average Bonchev–Trinajstić information content (AvgIpc) is 2.31. The third-order valence-electron chi connectivity index (χ3n) is 2.21. The van der Waals surface area contributed by atoms with Gasteiger partial charge in [-0.1, -0.05) is 0 Å². The lowest BCUT2D eigenvalue weighted by Gasteiger charge is -2.11. The van der Waals surface area contributed by atoms with Crippen LogP contribution in [0.3, 0.4) is 0 Å². The van der Waals surface area contributed by atoms with Gasteiger partial charge in [-0.05, 0) is 19.9 Å². The molecule has 6 nitrogen and oxygen atoms in total. The van der Waals surface area contributed by atoms with Gasteiger partial charge in [-0.3, -0.25) is 4.79 Å². The largest absolute Gasteiger partial charge is 0.480 e. The van der Waals surface area contributed by atoms with Crippen LogP contribution >= 0.6 is 0 Å². The quantitative estimate of drug-likeness (QED) is 0.478. The molecular formula is C11H23NO5. The molecule has 1 atom stereocenters. The van der Waals surface area contributed by atoms with Gasteiger partial charge in [0.05, 0.1) is 13.2 Å². The normalized spacial score (nSPS) is 12.6. The standard InChI is InChI=1S/C11H23NO5/c1-12-10(11(13)14)4-7-16-5-3-6-17-9-8-15-2/h10,12H,3-9H2,1-2H3,(H,13,14). The summed E-state index contributed by atoms with van der Waals surface area (Å²) in [5, 5.41) is 11.5. The van der Waals surface area contributed by atoms with Crippen molar-refractivity contribution in [1.82, 2.24) is 5.32 Å². The fourth-order valence-corrected chi connectivity index (χ4v) is 1.20. The van der Waals surface area contributed by atoms with Crippen molar-refractivity contribution in [3.63, 3.8) is 0 Å². The van der Waals surface area contributed by atoms with Gasteiger partial charge in [-0.2, -0.15) is 0 Å². The van der Waals surface area contributed by atoms with Crippen molar-refractivity contribution in [1.29, 1.82) is 0 Å². The van der Waals surface area contributed by atoms with Crippen LogP contribution in [0.2, 0.25) is 0 Å². The molecule has 0 aromatic rings. The Morgan fingerprint density at radius 1 is 1.18 bits per heavy atom. The van der Waals surface area contributed by atoms with Crippen LogP contribution in [0.4, 0.5) is 0 Å². The van der Waals surface area contributed by atoms with Crippen molar-refractivity contribution in [2.45, 2.75) is 18.9 Å². The predicted molar refractivity (Wildman–Crippen MR) is 63.2 cm³/mol. The second kappa shape index (κ2) is 11.8. The molecule has 0 fully saturated rings. The molecule has 0 saturated carbocycles. The van der Waals surface area contributed by atoms with Gasteiger partial charge in [0.1, 0.15) is 6.04 Å². The molecule has 17 heavy (non-hydrogen) atoms. The van der Waals surface area contributed by atoms with E-state index in [0.29, 0.717) is 39.5 Å². The van der Waals surface area contributed by atoms with Crippen LogP contribution in [0.5, 0.6) is 0 Å². The van der Waals surface area contributed by atoms with Crippen LogP contribution in [-0.2, 0) is 19.0 Å². The molecule has 0 aromatic carbocycles. The number of carboxylic acids is 1. The molecule has 0 saturated heterocycles. The molecule has 0 heterocycles. The molecule has 0 rings (SSSR count). The van der Waals surface area contributed by atoms with E-state index in [0.717, 1.165) is 6.42 Å². The maximum absolute atomic E-state index is 10.6. The van der Waals surface area contributed by atoms with Crippen LogP contribution in [-0.4, -0.2) is 64.3 Å². The van der Waals surface area contributed by atoms with E-state index in [1.807, 2.05) is 0 Å². The summed E-state index contributed by atoms with van der Waals surface area (Å²) in [6.45, 7) is 2.86. The molecule has 0 spiro atoms. The zero-order valence-corrected chi connectivity index (χ0v) is 10.6. The fourth-order valence-electron chi connectivity index (χ4n) is 1.20. The highest BCUT2D eigenvalue weighted by Gasteiger charge is 2.13. The van der Waals surface area contributed by atoms with Crippen LogP contribution in [0.25, 0.3) is 0 Å². The molecular weight excluding hydrogens is 226 g/mol. The number of carboxylic acid groups (broad SMARTS) is 1. The summed E-state index contributed by atoms with van der Waals surface area (Å²) in [7, 11) is 3.26. The van der Waals surface area contributed by atoms with Crippen molar-refractivity contribution in [3.8, 4) is 0 Å².